The Bertz CT molecular complexity index is 531. The van der Waals surface area contributed by atoms with Gasteiger partial charge in [-0.2, -0.15) is 0 Å². The number of carboxylic acids is 1. The summed E-state index contributed by atoms with van der Waals surface area (Å²) in [6.45, 7) is 1.99. The third-order valence-electron chi connectivity index (χ3n) is 2.31. The zero-order chi connectivity index (χ0) is 11.0. The predicted molar refractivity (Wildman–Crippen MR) is 70.6 cm³/mol. The summed E-state index contributed by atoms with van der Waals surface area (Å²) in [6.07, 6.45) is 0.127. The van der Waals surface area contributed by atoms with E-state index in [4.69, 9.17) is 5.11 Å². The lowest BCUT2D eigenvalue weighted by Gasteiger charge is -1.94. The number of aryl methyl sites for hydroxylation is 1. The van der Waals surface area contributed by atoms with Crippen LogP contribution < -0.4 is 0 Å². The Morgan fingerprint density at radius 1 is 1.53 bits per heavy atom. The molecular weight excluding hydrogens is 323 g/mol. The molecule has 1 heterocycles. The maximum Gasteiger partial charge on any atom is 0.308 e. The second kappa shape index (κ2) is 4.09. The average molecular weight is 332 g/mol. The van der Waals surface area contributed by atoms with Gasteiger partial charge in [-0.3, -0.25) is 4.79 Å². The molecule has 0 aliphatic rings. The lowest BCUT2D eigenvalue weighted by molar-refractivity contribution is -0.136. The number of rotatable bonds is 2. The van der Waals surface area contributed by atoms with E-state index in [0.29, 0.717) is 0 Å². The topological polar surface area (TPSA) is 37.3 Å². The second-order valence-corrected chi connectivity index (χ2v) is 5.74. The molecule has 2 nitrogen and oxygen atoms in total. The van der Waals surface area contributed by atoms with Crippen LogP contribution in [0.5, 0.6) is 0 Å². The van der Waals surface area contributed by atoms with Crippen LogP contribution in [0.1, 0.15) is 10.4 Å². The first-order chi connectivity index (χ1) is 7.08. The molecule has 0 aliphatic carbocycles. The standard InChI is InChI=1S/C11H9IO2S/c1-6-8-4-7(12)2-3-9(8)15-10(6)5-11(13)14/h2-4H,5H2,1H3,(H,13,14). The number of thiophene rings is 1. The van der Waals surface area contributed by atoms with E-state index in [1.165, 1.54) is 13.7 Å². The van der Waals surface area contributed by atoms with Crippen molar-refractivity contribution < 1.29 is 9.90 Å². The van der Waals surface area contributed by atoms with E-state index < -0.39 is 5.97 Å². The quantitative estimate of drug-likeness (QED) is 0.856. The van der Waals surface area contributed by atoms with Crippen molar-refractivity contribution in [2.24, 2.45) is 0 Å². The van der Waals surface area contributed by atoms with E-state index in [1.807, 2.05) is 13.0 Å². The lowest BCUT2D eigenvalue weighted by Crippen LogP contribution is -1.98. The number of benzene rings is 1. The highest BCUT2D eigenvalue weighted by molar-refractivity contribution is 14.1. The highest BCUT2D eigenvalue weighted by Gasteiger charge is 2.11. The zero-order valence-corrected chi connectivity index (χ0v) is 11.1. The maximum atomic E-state index is 10.7. The van der Waals surface area contributed by atoms with Gasteiger partial charge in [-0.1, -0.05) is 0 Å². The minimum Gasteiger partial charge on any atom is -0.481 e. The Morgan fingerprint density at radius 2 is 2.27 bits per heavy atom. The molecule has 2 aromatic rings. The molecule has 2 rings (SSSR count). The maximum absolute atomic E-state index is 10.7. The Kier molecular flexibility index (Phi) is 2.97. The van der Waals surface area contributed by atoms with Crippen molar-refractivity contribution in [1.29, 1.82) is 0 Å². The van der Waals surface area contributed by atoms with E-state index in [1.54, 1.807) is 11.3 Å². The predicted octanol–water partition coefficient (Wildman–Crippen LogP) is 3.44. The molecule has 0 atom stereocenters. The van der Waals surface area contributed by atoms with E-state index in [-0.39, 0.29) is 6.42 Å². The Labute approximate surface area is 105 Å². The highest BCUT2D eigenvalue weighted by atomic mass is 127. The van der Waals surface area contributed by atoms with Crippen molar-refractivity contribution in [2.75, 3.05) is 0 Å². The molecular formula is C11H9IO2S. The van der Waals surface area contributed by atoms with Crippen LogP contribution in [0.3, 0.4) is 0 Å². The van der Waals surface area contributed by atoms with Gasteiger partial charge in [0.1, 0.15) is 0 Å². The fourth-order valence-electron chi connectivity index (χ4n) is 1.55. The van der Waals surface area contributed by atoms with Gasteiger partial charge in [0.2, 0.25) is 0 Å². The summed E-state index contributed by atoms with van der Waals surface area (Å²) in [5.41, 5.74) is 1.11. The molecule has 0 unspecified atom stereocenters. The molecule has 0 aliphatic heterocycles. The molecule has 15 heavy (non-hydrogen) atoms. The van der Waals surface area contributed by atoms with Crippen molar-refractivity contribution in [3.63, 3.8) is 0 Å². The molecule has 0 spiro atoms. The van der Waals surface area contributed by atoms with E-state index in [0.717, 1.165) is 10.4 Å². The van der Waals surface area contributed by atoms with Crippen LogP contribution in [-0.4, -0.2) is 11.1 Å². The minimum atomic E-state index is -0.764. The molecule has 0 amide bonds. The summed E-state index contributed by atoms with van der Waals surface area (Å²) < 4.78 is 2.35. The summed E-state index contributed by atoms with van der Waals surface area (Å²) >= 11 is 3.84. The molecule has 4 heteroatoms. The molecule has 0 bridgehead atoms. The van der Waals surface area contributed by atoms with Gasteiger partial charge in [0.05, 0.1) is 6.42 Å². The fraction of sp³-hybridized carbons (Fsp3) is 0.182. The molecule has 1 aromatic carbocycles. The van der Waals surface area contributed by atoms with Gasteiger partial charge in [-0.15, -0.1) is 11.3 Å². The van der Waals surface area contributed by atoms with Gasteiger partial charge in [-0.05, 0) is 58.7 Å². The van der Waals surface area contributed by atoms with Crippen LogP contribution in [0.15, 0.2) is 18.2 Å². The van der Waals surface area contributed by atoms with Crippen molar-refractivity contribution >= 4 is 50.0 Å². The Balaban J connectivity index is 2.59. The van der Waals surface area contributed by atoms with Crippen molar-refractivity contribution in [3.8, 4) is 0 Å². The molecule has 0 fully saturated rings. The van der Waals surface area contributed by atoms with Gasteiger partial charge in [0.25, 0.3) is 0 Å². The summed E-state index contributed by atoms with van der Waals surface area (Å²) in [7, 11) is 0. The normalized spacial score (nSPS) is 10.8. The molecule has 0 radical (unpaired) electrons. The van der Waals surface area contributed by atoms with Gasteiger partial charge < -0.3 is 5.11 Å². The first-order valence-electron chi connectivity index (χ1n) is 4.47. The van der Waals surface area contributed by atoms with E-state index in [2.05, 4.69) is 34.7 Å². The van der Waals surface area contributed by atoms with Crippen LogP contribution >= 0.6 is 33.9 Å². The van der Waals surface area contributed by atoms with Crippen LogP contribution in [0, 0.1) is 10.5 Å². The number of hydrogen-bond acceptors (Lipinski definition) is 2. The summed E-state index contributed by atoms with van der Waals surface area (Å²) in [6, 6.07) is 6.20. The van der Waals surface area contributed by atoms with Crippen molar-refractivity contribution in [1.82, 2.24) is 0 Å². The third-order valence-corrected chi connectivity index (χ3v) is 4.25. The smallest absolute Gasteiger partial charge is 0.308 e. The molecule has 0 saturated carbocycles. The zero-order valence-electron chi connectivity index (χ0n) is 8.08. The first kappa shape index (κ1) is 10.9. The largest absolute Gasteiger partial charge is 0.481 e. The van der Waals surface area contributed by atoms with Crippen molar-refractivity contribution in [2.45, 2.75) is 13.3 Å². The minimum absolute atomic E-state index is 0.127. The second-order valence-electron chi connectivity index (χ2n) is 3.36. The number of carboxylic acid groups (broad SMARTS) is 1. The number of aliphatic carboxylic acids is 1. The molecule has 1 aromatic heterocycles. The Morgan fingerprint density at radius 3 is 2.93 bits per heavy atom. The SMILES string of the molecule is Cc1c(CC(=O)O)sc2ccc(I)cc12. The highest BCUT2D eigenvalue weighted by Crippen LogP contribution is 2.32. The number of fused-ring (bicyclic) bond motifs is 1. The average Bonchev–Trinajstić information content (AvgIpc) is 2.44. The first-order valence-corrected chi connectivity index (χ1v) is 6.37. The third kappa shape index (κ3) is 2.15. The fourth-order valence-corrected chi connectivity index (χ4v) is 3.22. The van der Waals surface area contributed by atoms with Gasteiger partial charge in [0, 0.05) is 13.1 Å². The number of halogens is 1. The summed E-state index contributed by atoms with van der Waals surface area (Å²) in [5, 5.41) is 9.96. The number of carbonyl (C=O) groups is 1. The summed E-state index contributed by atoms with van der Waals surface area (Å²) in [4.78, 5) is 11.6. The van der Waals surface area contributed by atoms with Crippen molar-refractivity contribution in [3.05, 3.63) is 32.2 Å². The molecule has 0 saturated heterocycles. The molecule has 78 valence electrons. The van der Waals surface area contributed by atoms with E-state index >= 15 is 0 Å². The molecule has 1 N–H and O–H groups in total. The van der Waals surface area contributed by atoms with Gasteiger partial charge >= 0.3 is 5.97 Å². The summed E-state index contributed by atoms with van der Waals surface area (Å²) in [5.74, 6) is -0.764. The van der Waals surface area contributed by atoms with Crippen LogP contribution in [-0.2, 0) is 11.2 Å². The van der Waals surface area contributed by atoms with E-state index in [9.17, 15) is 4.79 Å². The van der Waals surface area contributed by atoms with Crippen LogP contribution in [0.2, 0.25) is 0 Å². The van der Waals surface area contributed by atoms with Gasteiger partial charge in [0.15, 0.2) is 0 Å². The monoisotopic (exact) mass is 332 g/mol. The van der Waals surface area contributed by atoms with Gasteiger partial charge in [-0.25, -0.2) is 0 Å². The Hall–Kier alpha value is -0.620. The lowest BCUT2D eigenvalue weighted by atomic mass is 10.1. The number of hydrogen-bond donors (Lipinski definition) is 1. The van der Waals surface area contributed by atoms with Crippen LogP contribution in [0.4, 0.5) is 0 Å². The van der Waals surface area contributed by atoms with Crippen LogP contribution in [0.25, 0.3) is 10.1 Å².